The zero-order valence-electron chi connectivity index (χ0n) is 22.1. The van der Waals surface area contributed by atoms with Crippen LogP contribution in [0.1, 0.15) is 30.4 Å². The Morgan fingerprint density at radius 2 is 1.82 bits per heavy atom. The monoisotopic (exact) mass is 565 g/mol. The second-order valence-electron chi connectivity index (χ2n) is 9.60. The predicted molar refractivity (Wildman–Crippen MR) is 155 cm³/mol. The summed E-state index contributed by atoms with van der Waals surface area (Å²) in [4.78, 5) is 2.42. The third-order valence-corrected chi connectivity index (χ3v) is 10.1. The van der Waals surface area contributed by atoms with Gasteiger partial charge in [-0.3, -0.25) is 9.21 Å². The molecule has 1 fully saturated rings. The molecule has 1 aromatic carbocycles. The molecule has 208 valence electrons. The first-order chi connectivity index (χ1) is 18.3. The molecule has 1 aromatic rings. The van der Waals surface area contributed by atoms with Gasteiger partial charge in [0.1, 0.15) is 16.4 Å². The number of hydrogen-bond donors (Lipinski definition) is 0. The van der Waals surface area contributed by atoms with Gasteiger partial charge >= 0.3 is 0 Å². The maximum Gasteiger partial charge on any atom is 0.112 e. The first-order valence-electron chi connectivity index (χ1n) is 12.8. The van der Waals surface area contributed by atoms with E-state index in [1.165, 1.54) is 0 Å². The van der Waals surface area contributed by atoms with E-state index in [9.17, 15) is 13.2 Å². The third-order valence-electron chi connectivity index (χ3n) is 7.01. The Morgan fingerprint density at radius 3 is 2.45 bits per heavy atom. The summed E-state index contributed by atoms with van der Waals surface area (Å²) in [7, 11) is -0.880. The van der Waals surface area contributed by atoms with E-state index in [0.29, 0.717) is 30.9 Å². The molecule has 3 aliphatic rings. The van der Waals surface area contributed by atoms with E-state index in [1.54, 1.807) is 11.9 Å². The Hall–Kier alpha value is -2.09. The summed E-state index contributed by atoms with van der Waals surface area (Å²) in [6.45, 7) is 5.51. The molecular weight excluding hydrogens is 528 g/mol. The number of halogens is 2. The van der Waals surface area contributed by atoms with Crippen molar-refractivity contribution in [3.05, 3.63) is 59.3 Å². The number of rotatable bonds is 12. The van der Waals surface area contributed by atoms with Gasteiger partial charge in [0, 0.05) is 63.8 Å². The molecule has 1 atom stereocenters. The van der Waals surface area contributed by atoms with Crippen LogP contribution in [0.5, 0.6) is 0 Å². The second-order valence-corrected chi connectivity index (χ2v) is 12.8. The van der Waals surface area contributed by atoms with Crippen LogP contribution in [0, 0.1) is 0 Å². The number of likely N-dealkylation sites (N-methyl/N-ethyl adjacent to an activating group) is 1. The van der Waals surface area contributed by atoms with E-state index in [-0.39, 0.29) is 0 Å². The molecule has 38 heavy (non-hydrogen) atoms. The van der Waals surface area contributed by atoms with Crippen LogP contribution >= 0.6 is 11.9 Å². The van der Waals surface area contributed by atoms with E-state index in [0.717, 1.165) is 62.4 Å². The third kappa shape index (κ3) is 7.51. The number of hydrogen-bond acceptors (Lipinski definition) is 7. The molecule has 1 unspecified atom stereocenters. The summed E-state index contributed by atoms with van der Waals surface area (Å²) in [6, 6.07) is 7.77. The Balaban J connectivity index is 1.42. The summed E-state index contributed by atoms with van der Waals surface area (Å²) < 4.78 is 45.4. The van der Waals surface area contributed by atoms with Gasteiger partial charge in [0.2, 0.25) is 0 Å². The first kappa shape index (κ1) is 28.9. The highest BCUT2D eigenvalue weighted by molar-refractivity contribution is 7.96. The summed E-state index contributed by atoms with van der Waals surface area (Å²) >= 11 is 1.79. The maximum absolute atomic E-state index is 14.2. The van der Waals surface area contributed by atoms with Gasteiger partial charge in [-0.05, 0) is 42.2 Å². The van der Waals surface area contributed by atoms with Crippen molar-refractivity contribution >= 4 is 39.1 Å². The number of benzene rings is 1. The molecule has 4 rings (SSSR count). The highest BCUT2D eigenvalue weighted by atomic mass is 32.2. The summed E-state index contributed by atoms with van der Waals surface area (Å²) in [5.74, 6) is 4.22. The lowest BCUT2D eigenvalue weighted by Crippen LogP contribution is -2.48. The van der Waals surface area contributed by atoms with E-state index in [1.807, 2.05) is 46.0 Å². The van der Waals surface area contributed by atoms with Crippen molar-refractivity contribution < 1.29 is 13.2 Å². The molecular formula is C26H37F2N7OS2. The normalized spacial score (nSPS) is 20.4. The molecule has 2 heterocycles. The van der Waals surface area contributed by atoms with Crippen molar-refractivity contribution in [3.63, 3.8) is 0 Å². The number of allylic oxidation sites excluding steroid dienone is 3. The van der Waals surface area contributed by atoms with Crippen LogP contribution in [-0.2, 0) is 16.4 Å². The van der Waals surface area contributed by atoms with Crippen LogP contribution < -0.4 is 0 Å². The predicted octanol–water partition coefficient (Wildman–Crippen LogP) is 3.72. The van der Waals surface area contributed by atoms with Crippen LogP contribution in [0.2, 0.25) is 0 Å². The fraction of sp³-hybridized carbons (Fsp3) is 0.500. The molecule has 0 N–H and O–H groups in total. The number of nitrogens with zero attached hydrogens (tertiary/aromatic N) is 7. The maximum atomic E-state index is 14.2. The molecule has 12 heteroatoms. The van der Waals surface area contributed by atoms with Crippen molar-refractivity contribution in [2.24, 2.45) is 10.2 Å². The molecule has 1 saturated heterocycles. The van der Waals surface area contributed by atoms with Crippen molar-refractivity contribution in [3.8, 4) is 0 Å². The molecule has 1 aliphatic carbocycles. The molecule has 0 spiro atoms. The minimum absolute atomic E-state index is 0.303. The van der Waals surface area contributed by atoms with Gasteiger partial charge in [0.15, 0.2) is 0 Å². The Bertz CT molecular complexity index is 1170. The van der Waals surface area contributed by atoms with Gasteiger partial charge < -0.3 is 0 Å². The van der Waals surface area contributed by atoms with Crippen molar-refractivity contribution in [1.29, 1.82) is 0 Å². The van der Waals surface area contributed by atoms with E-state index in [2.05, 4.69) is 43.7 Å². The lowest BCUT2D eigenvalue weighted by atomic mass is 10.0. The highest BCUT2D eigenvalue weighted by Gasteiger charge is 2.25. The Kier molecular flexibility index (Phi) is 10.1. The smallest absolute Gasteiger partial charge is 0.112 e. The SMILES string of the molecule is C=S(=O)(N(C)CCN1CCN(SC)CC1)N(Cc1ccc(C2=NN=C(CN(F)F)C2)cc1)C1=CCCC=C1. The fourth-order valence-corrected chi connectivity index (χ4v) is 6.67. The van der Waals surface area contributed by atoms with Crippen LogP contribution in [0.25, 0.3) is 0 Å². The molecule has 0 saturated carbocycles. The summed E-state index contributed by atoms with van der Waals surface area (Å²) in [5, 5.41) is 7.07. The van der Waals surface area contributed by atoms with Crippen LogP contribution in [-0.4, -0.2) is 104 Å². The lowest BCUT2D eigenvalue weighted by molar-refractivity contribution is -0.138. The Labute approximate surface area is 229 Å². The Morgan fingerprint density at radius 1 is 1.08 bits per heavy atom. The van der Waals surface area contributed by atoms with Gasteiger partial charge in [-0.25, -0.2) is 12.8 Å². The van der Waals surface area contributed by atoms with Gasteiger partial charge in [-0.2, -0.15) is 10.2 Å². The van der Waals surface area contributed by atoms with E-state index >= 15 is 0 Å². The average Bonchev–Trinajstić information content (AvgIpc) is 3.39. The number of piperazine rings is 1. The first-order valence-corrected chi connectivity index (χ1v) is 15.6. The van der Waals surface area contributed by atoms with Crippen LogP contribution in [0.3, 0.4) is 0 Å². The summed E-state index contributed by atoms with van der Waals surface area (Å²) in [5.41, 5.74) is 3.74. The van der Waals surface area contributed by atoms with Crippen molar-refractivity contribution in [1.82, 2.24) is 23.2 Å². The zero-order chi connectivity index (χ0) is 27.1. The van der Waals surface area contributed by atoms with Gasteiger partial charge in [-0.1, -0.05) is 48.4 Å². The van der Waals surface area contributed by atoms with Crippen molar-refractivity contribution in [2.45, 2.75) is 25.8 Å². The van der Waals surface area contributed by atoms with Crippen LogP contribution in [0.15, 0.2) is 58.4 Å². The van der Waals surface area contributed by atoms with Crippen molar-refractivity contribution in [2.75, 3.05) is 59.1 Å². The second kappa shape index (κ2) is 13.3. The molecule has 0 aromatic heterocycles. The van der Waals surface area contributed by atoms with Gasteiger partial charge in [0.25, 0.3) is 0 Å². The zero-order valence-corrected chi connectivity index (χ0v) is 23.8. The molecule has 0 bridgehead atoms. The molecule has 2 aliphatic heterocycles. The minimum atomic E-state index is -2.77. The average molecular weight is 566 g/mol. The topological polar surface area (TPSA) is 58.0 Å². The molecule has 0 amide bonds. The van der Waals surface area contributed by atoms with E-state index in [4.69, 9.17) is 0 Å². The quantitative estimate of drug-likeness (QED) is 0.220. The van der Waals surface area contributed by atoms with Crippen LogP contribution in [0.4, 0.5) is 8.96 Å². The van der Waals surface area contributed by atoms with Gasteiger partial charge in [-0.15, -0.1) is 8.96 Å². The lowest BCUT2D eigenvalue weighted by Gasteiger charge is -2.37. The highest BCUT2D eigenvalue weighted by Crippen LogP contribution is 2.24. The largest absolute Gasteiger partial charge is 0.299 e. The summed E-state index contributed by atoms with van der Waals surface area (Å²) in [6.07, 6.45) is 10.5. The van der Waals surface area contributed by atoms with E-state index < -0.39 is 21.8 Å². The molecule has 0 radical (unpaired) electrons. The van der Waals surface area contributed by atoms with Gasteiger partial charge in [0.05, 0.1) is 18.0 Å². The fourth-order valence-electron chi connectivity index (χ4n) is 4.62. The molecule has 8 nitrogen and oxygen atoms in total. The standard InChI is InChI=1S/C26H37F2N7OS2/c1-31(13-14-32-15-17-33(37-2)18-16-32)38(3,36)34(25-7-5-4-6-8-25)20-22-9-11-23(12-10-22)26-19-24(29-30-26)21-35(27)28/h5,7-12H,3-4,6,13-21H2,1-2H3. The minimum Gasteiger partial charge on any atom is -0.299 e.